The Morgan fingerprint density at radius 1 is 1.31 bits per heavy atom. The van der Waals surface area contributed by atoms with Crippen LogP contribution in [0.4, 0.5) is 10.1 Å². The summed E-state index contributed by atoms with van der Waals surface area (Å²) in [6.45, 7) is 5.90. The van der Waals surface area contributed by atoms with Crippen LogP contribution >= 0.6 is 11.3 Å². The highest BCUT2D eigenvalue weighted by Gasteiger charge is 2.13. The van der Waals surface area contributed by atoms with Gasteiger partial charge < -0.3 is 9.47 Å². The molecule has 2 aromatic heterocycles. The topological polar surface area (TPSA) is 49.0 Å². The molecule has 134 valence electrons. The maximum Gasteiger partial charge on any atom is 0.268 e. The zero-order chi connectivity index (χ0) is 18.7. The Kier molecular flexibility index (Phi) is 5.38. The van der Waals surface area contributed by atoms with Crippen LogP contribution in [0, 0.1) is 24.1 Å². The standard InChI is InChI=1S/C20H20FN3OS/c1-3-23(16-7-5-15(21)6-8-16)13-17-11-18-14(2)12-24(10-4-9-22)20(25)19(18)26-17/h5-8,11-12H,3-4,10,13H2,1-2H3. The number of aromatic nitrogens is 1. The third-order valence-electron chi connectivity index (χ3n) is 4.40. The lowest BCUT2D eigenvalue weighted by atomic mass is 10.2. The second kappa shape index (κ2) is 7.71. The van der Waals surface area contributed by atoms with Crippen LogP contribution in [-0.2, 0) is 13.1 Å². The summed E-state index contributed by atoms with van der Waals surface area (Å²) >= 11 is 1.50. The molecule has 2 heterocycles. The molecule has 0 saturated heterocycles. The van der Waals surface area contributed by atoms with E-state index in [-0.39, 0.29) is 11.4 Å². The fraction of sp³-hybridized carbons (Fsp3) is 0.300. The van der Waals surface area contributed by atoms with Gasteiger partial charge in [0, 0.05) is 35.2 Å². The van der Waals surface area contributed by atoms with E-state index in [1.165, 1.54) is 23.5 Å². The first kappa shape index (κ1) is 18.2. The zero-order valence-corrected chi connectivity index (χ0v) is 15.6. The van der Waals surface area contributed by atoms with Gasteiger partial charge in [-0.15, -0.1) is 11.3 Å². The molecule has 0 radical (unpaired) electrons. The number of rotatable bonds is 6. The minimum atomic E-state index is -0.250. The van der Waals surface area contributed by atoms with Crippen molar-refractivity contribution in [2.24, 2.45) is 0 Å². The molecule has 3 aromatic rings. The van der Waals surface area contributed by atoms with Crippen molar-refractivity contribution in [2.75, 3.05) is 11.4 Å². The van der Waals surface area contributed by atoms with E-state index in [2.05, 4.69) is 24.0 Å². The Morgan fingerprint density at radius 2 is 2.04 bits per heavy atom. The number of aryl methyl sites for hydroxylation is 2. The molecule has 0 amide bonds. The normalized spacial score (nSPS) is 10.8. The lowest BCUT2D eigenvalue weighted by molar-refractivity contribution is 0.627. The van der Waals surface area contributed by atoms with Crippen LogP contribution in [0.2, 0.25) is 0 Å². The molecular weight excluding hydrogens is 349 g/mol. The molecule has 0 N–H and O–H groups in total. The molecule has 0 unspecified atom stereocenters. The number of benzene rings is 1. The van der Waals surface area contributed by atoms with E-state index in [0.717, 1.165) is 32.8 Å². The van der Waals surface area contributed by atoms with Crippen molar-refractivity contribution in [3.05, 3.63) is 63.1 Å². The van der Waals surface area contributed by atoms with Gasteiger partial charge in [0.05, 0.1) is 19.0 Å². The van der Waals surface area contributed by atoms with Gasteiger partial charge >= 0.3 is 0 Å². The monoisotopic (exact) mass is 369 g/mol. The van der Waals surface area contributed by atoms with E-state index in [4.69, 9.17) is 5.26 Å². The van der Waals surface area contributed by atoms with E-state index in [1.807, 2.05) is 13.1 Å². The zero-order valence-electron chi connectivity index (χ0n) is 14.8. The molecule has 0 spiro atoms. The summed E-state index contributed by atoms with van der Waals surface area (Å²) in [7, 11) is 0. The Hall–Kier alpha value is -2.65. The van der Waals surface area contributed by atoms with E-state index in [1.54, 1.807) is 16.7 Å². The van der Waals surface area contributed by atoms with Gasteiger partial charge in [-0.2, -0.15) is 5.26 Å². The highest BCUT2D eigenvalue weighted by atomic mass is 32.1. The largest absolute Gasteiger partial charge is 0.367 e. The quantitative estimate of drug-likeness (QED) is 0.645. The molecule has 0 aliphatic rings. The minimum Gasteiger partial charge on any atom is -0.367 e. The third-order valence-corrected chi connectivity index (χ3v) is 5.51. The van der Waals surface area contributed by atoms with Crippen LogP contribution in [0.1, 0.15) is 23.8 Å². The molecular formula is C20H20FN3OS. The van der Waals surface area contributed by atoms with Gasteiger partial charge in [0.25, 0.3) is 5.56 Å². The highest BCUT2D eigenvalue weighted by molar-refractivity contribution is 7.19. The molecule has 4 nitrogen and oxygen atoms in total. The van der Waals surface area contributed by atoms with Crippen molar-refractivity contribution < 1.29 is 4.39 Å². The van der Waals surface area contributed by atoms with Gasteiger partial charge in [-0.3, -0.25) is 4.79 Å². The van der Waals surface area contributed by atoms with Gasteiger partial charge in [-0.1, -0.05) is 0 Å². The number of hydrogen-bond acceptors (Lipinski definition) is 4. The number of anilines is 1. The Bertz CT molecular complexity index is 1010. The summed E-state index contributed by atoms with van der Waals surface area (Å²) in [4.78, 5) is 15.9. The second-order valence-corrected chi connectivity index (χ2v) is 7.30. The minimum absolute atomic E-state index is 0.0399. The molecule has 6 heteroatoms. The summed E-state index contributed by atoms with van der Waals surface area (Å²) < 4.78 is 15.5. The van der Waals surface area contributed by atoms with Crippen molar-refractivity contribution in [2.45, 2.75) is 33.4 Å². The molecule has 0 aliphatic carbocycles. The maximum atomic E-state index is 13.2. The SMILES string of the molecule is CCN(Cc1cc2c(C)cn(CCC#N)c(=O)c2s1)c1ccc(F)cc1. The average molecular weight is 369 g/mol. The fourth-order valence-corrected chi connectivity index (χ4v) is 4.22. The predicted octanol–water partition coefficient (Wildman–Crippen LogP) is 4.45. The number of halogens is 1. The Morgan fingerprint density at radius 3 is 2.69 bits per heavy atom. The average Bonchev–Trinajstić information content (AvgIpc) is 3.07. The predicted molar refractivity (Wildman–Crippen MR) is 104 cm³/mol. The number of hydrogen-bond donors (Lipinski definition) is 0. The van der Waals surface area contributed by atoms with Crippen molar-refractivity contribution >= 4 is 27.1 Å². The lowest BCUT2D eigenvalue weighted by Gasteiger charge is -2.22. The van der Waals surface area contributed by atoms with Crippen LogP contribution in [0.25, 0.3) is 10.1 Å². The molecule has 0 saturated carbocycles. The van der Waals surface area contributed by atoms with E-state index in [0.29, 0.717) is 19.5 Å². The Balaban J connectivity index is 1.94. The molecule has 26 heavy (non-hydrogen) atoms. The first-order valence-electron chi connectivity index (χ1n) is 8.53. The van der Waals surface area contributed by atoms with Gasteiger partial charge in [-0.25, -0.2) is 4.39 Å². The van der Waals surface area contributed by atoms with Gasteiger partial charge in [0.2, 0.25) is 0 Å². The van der Waals surface area contributed by atoms with Crippen LogP contribution in [0.3, 0.4) is 0 Å². The fourth-order valence-electron chi connectivity index (χ4n) is 3.03. The van der Waals surface area contributed by atoms with Crippen molar-refractivity contribution in [1.29, 1.82) is 5.26 Å². The number of nitriles is 1. The Labute approximate surface area is 155 Å². The maximum absolute atomic E-state index is 13.2. The first-order chi connectivity index (χ1) is 12.5. The third kappa shape index (κ3) is 3.63. The summed E-state index contributed by atoms with van der Waals surface area (Å²) in [5, 5.41) is 9.74. The van der Waals surface area contributed by atoms with E-state index in [9.17, 15) is 9.18 Å². The number of nitrogens with zero attached hydrogens (tertiary/aromatic N) is 3. The van der Waals surface area contributed by atoms with Crippen molar-refractivity contribution in [1.82, 2.24) is 4.57 Å². The number of pyridine rings is 1. The molecule has 3 rings (SSSR count). The van der Waals surface area contributed by atoms with Crippen LogP contribution in [-0.4, -0.2) is 11.1 Å². The summed E-state index contributed by atoms with van der Waals surface area (Å²) in [5.74, 6) is -0.250. The van der Waals surface area contributed by atoms with E-state index < -0.39 is 0 Å². The van der Waals surface area contributed by atoms with E-state index >= 15 is 0 Å². The van der Waals surface area contributed by atoms with Crippen LogP contribution in [0.15, 0.2) is 41.3 Å². The summed E-state index contributed by atoms with van der Waals surface area (Å²) in [6, 6.07) is 10.6. The molecule has 0 atom stereocenters. The number of thiophene rings is 1. The van der Waals surface area contributed by atoms with Crippen molar-refractivity contribution in [3.8, 4) is 6.07 Å². The molecule has 0 fully saturated rings. The molecule has 1 aromatic carbocycles. The van der Waals surface area contributed by atoms with Gasteiger partial charge in [-0.05, 0) is 49.7 Å². The van der Waals surface area contributed by atoms with Gasteiger partial charge in [0.15, 0.2) is 0 Å². The molecule has 0 bridgehead atoms. The summed E-state index contributed by atoms with van der Waals surface area (Å²) in [5.41, 5.74) is 1.95. The van der Waals surface area contributed by atoms with Crippen LogP contribution in [0.5, 0.6) is 0 Å². The van der Waals surface area contributed by atoms with Crippen LogP contribution < -0.4 is 10.5 Å². The van der Waals surface area contributed by atoms with Gasteiger partial charge in [0.1, 0.15) is 10.5 Å². The highest BCUT2D eigenvalue weighted by Crippen LogP contribution is 2.28. The molecule has 0 aliphatic heterocycles. The lowest BCUT2D eigenvalue weighted by Crippen LogP contribution is -2.21. The first-order valence-corrected chi connectivity index (χ1v) is 9.35. The van der Waals surface area contributed by atoms with Crippen molar-refractivity contribution in [3.63, 3.8) is 0 Å². The smallest absolute Gasteiger partial charge is 0.268 e. The second-order valence-electron chi connectivity index (χ2n) is 6.16. The number of fused-ring (bicyclic) bond motifs is 1. The summed E-state index contributed by atoms with van der Waals surface area (Å²) in [6.07, 6.45) is 2.15.